The highest BCUT2D eigenvalue weighted by Crippen LogP contribution is 2.14. The molecule has 0 radical (unpaired) electrons. The first-order valence-corrected chi connectivity index (χ1v) is 8.26. The normalized spacial score (nSPS) is 18.0. The van der Waals surface area contributed by atoms with Crippen LogP contribution in [0.3, 0.4) is 0 Å². The second-order valence-electron chi connectivity index (χ2n) is 5.74. The van der Waals surface area contributed by atoms with Crippen molar-refractivity contribution in [2.45, 2.75) is 32.7 Å². The Morgan fingerprint density at radius 2 is 2.23 bits per heavy atom. The number of rotatable bonds is 7. The molecule has 0 unspecified atom stereocenters. The van der Waals surface area contributed by atoms with Crippen molar-refractivity contribution < 1.29 is 14.4 Å². The summed E-state index contributed by atoms with van der Waals surface area (Å²) < 4.78 is 0. The SMILES string of the molecule is CC(C)C[C@H]1NC(=O)N(CC(=O)NCCc2cccs2)C1=O. The minimum atomic E-state index is -0.508. The highest BCUT2D eigenvalue weighted by Gasteiger charge is 2.38. The van der Waals surface area contributed by atoms with Gasteiger partial charge >= 0.3 is 6.03 Å². The number of amides is 4. The third-order valence-corrected chi connectivity index (χ3v) is 4.33. The van der Waals surface area contributed by atoms with E-state index in [0.717, 1.165) is 11.3 Å². The molecule has 1 aromatic heterocycles. The molecule has 6 nitrogen and oxygen atoms in total. The average molecular weight is 323 g/mol. The van der Waals surface area contributed by atoms with Gasteiger partial charge in [-0.1, -0.05) is 19.9 Å². The molecule has 1 aromatic rings. The Morgan fingerprint density at radius 3 is 2.86 bits per heavy atom. The second-order valence-corrected chi connectivity index (χ2v) is 6.77. The zero-order chi connectivity index (χ0) is 16.1. The second kappa shape index (κ2) is 7.40. The maximum atomic E-state index is 12.1. The predicted molar refractivity (Wildman–Crippen MR) is 84.5 cm³/mol. The molecule has 0 aromatic carbocycles. The van der Waals surface area contributed by atoms with E-state index in [1.165, 1.54) is 4.88 Å². The fraction of sp³-hybridized carbons (Fsp3) is 0.533. The van der Waals surface area contributed by atoms with Gasteiger partial charge in [0.05, 0.1) is 0 Å². The Morgan fingerprint density at radius 1 is 1.45 bits per heavy atom. The number of hydrogen-bond donors (Lipinski definition) is 2. The van der Waals surface area contributed by atoms with E-state index < -0.39 is 12.1 Å². The number of imide groups is 1. The van der Waals surface area contributed by atoms with E-state index >= 15 is 0 Å². The zero-order valence-corrected chi connectivity index (χ0v) is 13.6. The van der Waals surface area contributed by atoms with E-state index in [4.69, 9.17) is 0 Å². The minimum absolute atomic E-state index is 0.219. The highest BCUT2D eigenvalue weighted by molar-refractivity contribution is 7.09. The van der Waals surface area contributed by atoms with Gasteiger partial charge in [0.2, 0.25) is 5.91 Å². The van der Waals surface area contributed by atoms with Gasteiger partial charge in [0.15, 0.2) is 0 Å². The Balaban J connectivity index is 1.78. The molecule has 2 N–H and O–H groups in total. The van der Waals surface area contributed by atoms with Crippen molar-refractivity contribution in [3.05, 3.63) is 22.4 Å². The van der Waals surface area contributed by atoms with E-state index in [2.05, 4.69) is 10.6 Å². The fourth-order valence-corrected chi connectivity index (χ4v) is 3.05. The molecular formula is C15H21N3O3S. The molecule has 120 valence electrons. The lowest BCUT2D eigenvalue weighted by molar-refractivity contribution is -0.132. The van der Waals surface area contributed by atoms with Crippen LogP contribution in [0.15, 0.2) is 17.5 Å². The highest BCUT2D eigenvalue weighted by atomic mass is 32.1. The number of urea groups is 1. The summed E-state index contributed by atoms with van der Waals surface area (Å²) in [5.41, 5.74) is 0. The van der Waals surface area contributed by atoms with Gasteiger partial charge in [0, 0.05) is 11.4 Å². The van der Waals surface area contributed by atoms with Crippen molar-refractivity contribution in [3.63, 3.8) is 0 Å². The largest absolute Gasteiger partial charge is 0.354 e. The smallest absolute Gasteiger partial charge is 0.325 e. The average Bonchev–Trinajstić information content (AvgIpc) is 3.03. The van der Waals surface area contributed by atoms with Gasteiger partial charge in [-0.15, -0.1) is 11.3 Å². The molecule has 0 saturated carbocycles. The molecule has 1 aliphatic rings. The van der Waals surface area contributed by atoms with Crippen LogP contribution in [0.5, 0.6) is 0 Å². The first-order valence-electron chi connectivity index (χ1n) is 7.38. The Bertz CT molecular complexity index is 542. The Kier molecular flexibility index (Phi) is 5.54. The topological polar surface area (TPSA) is 78.5 Å². The molecule has 2 rings (SSSR count). The lowest BCUT2D eigenvalue weighted by Gasteiger charge is -2.13. The minimum Gasteiger partial charge on any atom is -0.354 e. The molecule has 0 aliphatic carbocycles. The van der Waals surface area contributed by atoms with Crippen LogP contribution in [0.25, 0.3) is 0 Å². The van der Waals surface area contributed by atoms with Crippen molar-refractivity contribution in [2.24, 2.45) is 5.92 Å². The third-order valence-electron chi connectivity index (χ3n) is 3.39. The summed E-state index contributed by atoms with van der Waals surface area (Å²) in [5.74, 6) is -0.328. The third kappa shape index (κ3) is 4.30. The molecule has 22 heavy (non-hydrogen) atoms. The number of hydrogen-bond acceptors (Lipinski definition) is 4. The maximum absolute atomic E-state index is 12.1. The molecule has 1 saturated heterocycles. The summed E-state index contributed by atoms with van der Waals surface area (Å²) in [4.78, 5) is 37.9. The van der Waals surface area contributed by atoms with Crippen molar-refractivity contribution in [1.29, 1.82) is 0 Å². The standard InChI is InChI=1S/C15H21N3O3S/c1-10(2)8-12-14(20)18(15(21)17-12)9-13(19)16-6-5-11-4-3-7-22-11/h3-4,7,10,12H,5-6,8-9H2,1-2H3,(H,16,19)(H,17,21)/t12-/m1/s1. The molecule has 4 amide bonds. The van der Waals surface area contributed by atoms with Crippen molar-refractivity contribution in [3.8, 4) is 0 Å². The summed E-state index contributed by atoms with van der Waals surface area (Å²) in [5, 5.41) is 7.35. The van der Waals surface area contributed by atoms with Gasteiger partial charge in [-0.25, -0.2) is 4.79 Å². The van der Waals surface area contributed by atoms with Crippen LogP contribution >= 0.6 is 11.3 Å². The van der Waals surface area contributed by atoms with Gasteiger partial charge < -0.3 is 10.6 Å². The van der Waals surface area contributed by atoms with E-state index in [1.807, 2.05) is 31.4 Å². The number of carbonyl (C=O) groups is 3. The quantitative estimate of drug-likeness (QED) is 0.744. The summed E-state index contributed by atoms with van der Waals surface area (Å²) in [6.07, 6.45) is 1.33. The summed E-state index contributed by atoms with van der Waals surface area (Å²) >= 11 is 1.63. The lowest BCUT2D eigenvalue weighted by Crippen LogP contribution is -2.41. The Labute approximate surface area is 133 Å². The van der Waals surface area contributed by atoms with Gasteiger partial charge in [-0.3, -0.25) is 14.5 Å². The number of carbonyl (C=O) groups excluding carboxylic acids is 3. The maximum Gasteiger partial charge on any atom is 0.325 e. The molecule has 1 atom stereocenters. The van der Waals surface area contributed by atoms with Gasteiger partial charge in [0.25, 0.3) is 5.91 Å². The van der Waals surface area contributed by atoms with Gasteiger partial charge in [0.1, 0.15) is 12.6 Å². The van der Waals surface area contributed by atoms with Crippen molar-refractivity contribution in [1.82, 2.24) is 15.5 Å². The van der Waals surface area contributed by atoms with Crippen LogP contribution in [-0.2, 0) is 16.0 Å². The van der Waals surface area contributed by atoms with Crippen LogP contribution in [0.1, 0.15) is 25.1 Å². The van der Waals surface area contributed by atoms with Crippen LogP contribution in [0.2, 0.25) is 0 Å². The molecule has 7 heteroatoms. The zero-order valence-electron chi connectivity index (χ0n) is 12.8. The Hall–Kier alpha value is -1.89. The fourth-order valence-electron chi connectivity index (χ4n) is 2.34. The summed E-state index contributed by atoms with van der Waals surface area (Å²) in [6, 6.07) is 2.98. The molecule has 2 heterocycles. The summed E-state index contributed by atoms with van der Waals surface area (Å²) in [6.45, 7) is 4.25. The first kappa shape index (κ1) is 16.5. The van der Waals surface area contributed by atoms with E-state index in [9.17, 15) is 14.4 Å². The monoisotopic (exact) mass is 323 g/mol. The van der Waals surface area contributed by atoms with Crippen LogP contribution in [0.4, 0.5) is 4.79 Å². The van der Waals surface area contributed by atoms with Crippen LogP contribution in [-0.4, -0.2) is 41.9 Å². The van der Waals surface area contributed by atoms with Crippen LogP contribution < -0.4 is 10.6 Å². The van der Waals surface area contributed by atoms with Crippen molar-refractivity contribution in [2.75, 3.05) is 13.1 Å². The molecule has 1 aliphatic heterocycles. The van der Waals surface area contributed by atoms with Gasteiger partial charge in [-0.05, 0) is 30.2 Å². The number of nitrogens with one attached hydrogen (secondary N) is 2. The molecule has 0 bridgehead atoms. The first-order chi connectivity index (χ1) is 10.5. The van der Waals surface area contributed by atoms with E-state index in [0.29, 0.717) is 18.9 Å². The van der Waals surface area contributed by atoms with E-state index in [-0.39, 0.29) is 18.4 Å². The lowest BCUT2D eigenvalue weighted by atomic mass is 10.0. The number of thiophene rings is 1. The molecule has 0 spiro atoms. The van der Waals surface area contributed by atoms with Crippen LogP contribution in [0, 0.1) is 5.92 Å². The van der Waals surface area contributed by atoms with Crippen molar-refractivity contribution >= 4 is 29.2 Å². The number of nitrogens with zero attached hydrogens (tertiary/aromatic N) is 1. The molecule has 1 fully saturated rings. The summed E-state index contributed by atoms with van der Waals surface area (Å²) in [7, 11) is 0. The predicted octanol–water partition coefficient (Wildman–Crippen LogP) is 1.37. The van der Waals surface area contributed by atoms with Gasteiger partial charge in [-0.2, -0.15) is 0 Å². The molecular weight excluding hydrogens is 302 g/mol. The van der Waals surface area contributed by atoms with E-state index in [1.54, 1.807) is 11.3 Å².